The van der Waals surface area contributed by atoms with Crippen LogP contribution in [-0.4, -0.2) is 59.4 Å². The first-order valence-corrected chi connectivity index (χ1v) is 14.9. The van der Waals surface area contributed by atoms with Crippen LogP contribution in [0.5, 0.6) is 0 Å². The molecule has 0 saturated carbocycles. The first-order valence-electron chi connectivity index (χ1n) is 13.3. The molecule has 3 heterocycles. The Bertz CT molecular complexity index is 1490. The lowest BCUT2D eigenvalue weighted by molar-refractivity contribution is -0.137. The quantitative estimate of drug-likeness (QED) is 0.240. The van der Waals surface area contributed by atoms with Crippen LogP contribution in [0.15, 0.2) is 53.7 Å². The third kappa shape index (κ3) is 6.37. The van der Waals surface area contributed by atoms with Gasteiger partial charge in [-0.1, -0.05) is 59.8 Å². The number of aromatic nitrogens is 2. The molecule has 42 heavy (non-hydrogen) atoms. The number of amides is 1. The predicted octanol–water partition coefficient (Wildman–Crippen LogP) is 6.17. The molecule has 8 nitrogen and oxygen atoms in total. The SMILES string of the molecule is CSc1nc2c(c(N3CCN(C(=O)OCc4ccccc4)[C@@H](CC#N)C3)n1)CCN(c1cccc(Cl)c1C(F)(F)F)C2. The van der Waals surface area contributed by atoms with Crippen LogP contribution in [0.25, 0.3) is 0 Å². The minimum atomic E-state index is -4.60. The molecule has 1 aromatic heterocycles. The van der Waals surface area contributed by atoms with E-state index in [9.17, 15) is 23.2 Å². The lowest BCUT2D eigenvalue weighted by Crippen LogP contribution is -2.55. The Balaban J connectivity index is 1.37. The lowest BCUT2D eigenvalue weighted by Gasteiger charge is -2.42. The smallest absolute Gasteiger partial charge is 0.419 e. The molecule has 0 radical (unpaired) electrons. The third-order valence-electron chi connectivity index (χ3n) is 7.37. The van der Waals surface area contributed by atoms with Crippen LogP contribution < -0.4 is 9.80 Å². The highest BCUT2D eigenvalue weighted by Crippen LogP contribution is 2.43. The molecule has 1 atom stereocenters. The zero-order chi connectivity index (χ0) is 29.9. The normalized spacial score (nSPS) is 17.0. The molecular weight excluding hydrogens is 589 g/mol. The Morgan fingerprint density at radius 1 is 1.12 bits per heavy atom. The summed E-state index contributed by atoms with van der Waals surface area (Å²) in [6, 6.07) is 15.3. The number of hydrogen-bond acceptors (Lipinski definition) is 8. The van der Waals surface area contributed by atoms with E-state index in [2.05, 4.69) is 11.1 Å². The zero-order valence-electron chi connectivity index (χ0n) is 22.8. The van der Waals surface area contributed by atoms with Gasteiger partial charge in [0, 0.05) is 31.7 Å². The highest BCUT2D eigenvalue weighted by molar-refractivity contribution is 7.98. The van der Waals surface area contributed by atoms with Crippen molar-refractivity contribution in [1.29, 1.82) is 5.26 Å². The number of thioether (sulfide) groups is 1. The van der Waals surface area contributed by atoms with E-state index in [1.807, 2.05) is 41.5 Å². The van der Waals surface area contributed by atoms with Crippen LogP contribution in [-0.2, 0) is 30.5 Å². The topological polar surface area (TPSA) is 85.6 Å². The Hall–Kier alpha value is -3.69. The number of hydrogen-bond donors (Lipinski definition) is 0. The van der Waals surface area contributed by atoms with Crippen molar-refractivity contribution in [2.45, 2.75) is 43.4 Å². The number of piperazine rings is 1. The van der Waals surface area contributed by atoms with E-state index in [4.69, 9.17) is 21.3 Å². The van der Waals surface area contributed by atoms with Crippen LogP contribution in [0.1, 0.15) is 28.8 Å². The van der Waals surface area contributed by atoms with Crippen LogP contribution in [0.4, 0.5) is 29.5 Å². The van der Waals surface area contributed by atoms with Crippen molar-refractivity contribution < 1.29 is 22.7 Å². The molecule has 2 aromatic carbocycles. The van der Waals surface area contributed by atoms with Crippen LogP contribution >= 0.6 is 23.4 Å². The van der Waals surface area contributed by atoms with Gasteiger partial charge >= 0.3 is 12.3 Å². The number of anilines is 2. The predicted molar refractivity (Wildman–Crippen MR) is 155 cm³/mol. The van der Waals surface area contributed by atoms with Gasteiger partial charge in [0.2, 0.25) is 0 Å². The Morgan fingerprint density at radius 2 is 1.90 bits per heavy atom. The molecule has 0 unspecified atom stereocenters. The van der Waals surface area contributed by atoms with Crippen LogP contribution in [0.2, 0.25) is 5.02 Å². The lowest BCUT2D eigenvalue weighted by atomic mass is 10.0. The minimum Gasteiger partial charge on any atom is -0.445 e. The van der Waals surface area contributed by atoms with Gasteiger partial charge in [0.05, 0.1) is 47.0 Å². The summed E-state index contributed by atoms with van der Waals surface area (Å²) in [5.41, 5.74) is 1.53. The number of fused-ring (bicyclic) bond motifs is 1. The summed E-state index contributed by atoms with van der Waals surface area (Å²) in [6.07, 6.45) is -2.71. The van der Waals surface area contributed by atoms with Crippen molar-refractivity contribution >= 4 is 41.0 Å². The van der Waals surface area contributed by atoms with Crippen molar-refractivity contribution in [3.63, 3.8) is 0 Å². The second-order valence-corrected chi connectivity index (χ2v) is 11.1. The Kier molecular flexibility index (Phi) is 8.99. The number of carbonyl (C=O) groups excluding carboxylic acids is 1. The maximum atomic E-state index is 13.9. The highest BCUT2D eigenvalue weighted by atomic mass is 35.5. The molecule has 220 valence electrons. The maximum Gasteiger partial charge on any atom is 0.419 e. The largest absolute Gasteiger partial charge is 0.445 e. The van der Waals surface area contributed by atoms with Crippen molar-refractivity contribution in [3.8, 4) is 6.07 Å². The minimum absolute atomic E-state index is 0.0169. The molecule has 0 spiro atoms. The van der Waals surface area contributed by atoms with E-state index in [1.54, 1.807) is 9.80 Å². The monoisotopic (exact) mass is 616 g/mol. The number of alkyl halides is 3. The highest BCUT2D eigenvalue weighted by Gasteiger charge is 2.39. The Morgan fingerprint density at radius 3 is 2.62 bits per heavy atom. The summed E-state index contributed by atoms with van der Waals surface area (Å²) in [5.74, 6) is 0.686. The maximum absolute atomic E-state index is 13.9. The summed E-state index contributed by atoms with van der Waals surface area (Å²) in [6.45, 7) is 1.76. The van der Waals surface area contributed by atoms with Gasteiger partial charge in [-0.05, 0) is 30.4 Å². The summed E-state index contributed by atoms with van der Waals surface area (Å²) in [4.78, 5) is 27.7. The standard InChI is InChI=1S/C29H28ClF3N6O2S/c1-42-27-35-23-17-37(24-9-5-8-22(30)25(24)29(31,32)33)13-11-21(23)26(36-27)38-14-15-39(20(16-38)10-12-34)28(40)41-18-19-6-3-2-4-7-19/h2-9,20H,10-11,13-18H2,1H3/t20-/m0/s1. The fraction of sp³-hybridized carbons (Fsp3) is 0.379. The van der Waals surface area contributed by atoms with E-state index in [0.29, 0.717) is 49.3 Å². The molecule has 13 heteroatoms. The number of nitriles is 1. The molecule has 1 fully saturated rings. The van der Waals surface area contributed by atoms with Gasteiger partial charge in [-0.15, -0.1) is 0 Å². The fourth-order valence-corrected chi connectivity index (χ4v) is 6.03. The van der Waals surface area contributed by atoms with Gasteiger partial charge in [-0.25, -0.2) is 14.8 Å². The van der Waals surface area contributed by atoms with E-state index in [-0.39, 0.29) is 30.3 Å². The van der Waals surface area contributed by atoms with Crippen molar-refractivity contribution in [1.82, 2.24) is 14.9 Å². The van der Waals surface area contributed by atoms with E-state index < -0.39 is 23.9 Å². The van der Waals surface area contributed by atoms with Crippen molar-refractivity contribution in [2.24, 2.45) is 0 Å². The summed E-state index contributed by atoms with van der Waals surface area (Å²) in [5, 5.41) is 9.67. The van der Waals surface area contributed by atoms with Gasteiger partial charge in [-0.3, -0.25) is 0 Å². The number of nitrogens with zero attached hydrogens (tertiary/aromatic N) is 6. The number of carbonyl (C=O) groups is 1. The molecule has 0 aliphatic carbocycles. The zero-order valence-corrected chi connectivity index (χ0v) is 24.3. The molecule has 0 N–H and O–H groups in total. The number of rotatable bonds is 6. The Labute approximate surface area is 251 Å². The first-order chi connectivity index (χ1) is 20.2. The van der Waals surface area contributed by atoms with E-state index in [0.717, 1.165) is 11.1 Å². The van der Waals surface area contributed by atoms with Crippen molar-refractivity contribution in [3.05, 3.63) is 75.9 Å². The van der Waals surface area contributed by atoms with Gasteiger partial charge in [0.15, 0.2) is 5.16 Å². The molecular formula is C29H28ClF3N6O2S. The van der Waals surface area contributed by atoms with Gasteiger partial charge in [0.25, 0.3) is 0 Å². The second kappa shape index (κ2) is 12.7. The second-order valence-electron chi connectivity index (χ2n) is 9.96. The third-order valence-corrected chi connectivity index (χ3v) is 8.23. The fourth-order valence-electron chi connectivity index (χ4n) is 5.37. The molecule has 0 bridgehead atoms. The number of benzene rings is 2. The average Bonchev–Trinajstić information content (AvgIpc) is 2.99. The molecule has 1 amide bonds. The van der Waals surface area contributed by atoms with Gasteiger partial charge in [-0.2, -0.15) is 18.4 Å². The summed E-state index contributed by atoms with van der Waals surface area (Å²) >= 11 is 7.33. The molecule has 2 aliphatic rings. The van der Waals surface area contributed by atoms with Crippen LogP contribution in [0, 0.1) is 11.3 Å². The number of halogens is 4. The average molecular weight is 617 g/mol. The van der Waals surface area contributed by atoms with Crippen molar-refractivity contribution in [2.75, 3.05) is 42.2 Å². The number of ether oxygens (including phenoxy) is 1. The summed E-state index contributed by atoms with van der Waals surface area (Å²) in [7, 11) is 0. The molecule has 5 rings (SSSR count). The van der Waals surface area contributed by atoms with Gasteiger partial charge < -0.3 is 19.4 Å². The molecule has 3 aromatic rings. The molecule has 1 saturated heterocycles. The van der Waals surface area contributed by atoms with Crippen LogP contribution in [0.3, 0.4) is 0 Å². The van der Waals surface area contributed by atoms with E-state index >= 15 is 0 Å². The van der Waals surface area contributed by atoms with Gasteiger partial charge in [0.1, 0.15) is 12.4 Å². The summed E-state index contributed by atoms with van der Waals surface area (Å²) < 4.78 is 47.2. The molecule has 2 aliphatic heterocycles. The van der Waals surface area contributed by atoms with E-state index in [1.165, 1.54) is 30.0 Å². The first kappa shape index (κ1) is 29.8.